The Labute approximate surface area is 241 Å². The van der Waals surface area contributed by atoms with Crippen molar-refractivity contribution < 1.29 is 36.2 Å². The number of rotatable bonds is 10. The number of fused-ring (bicyclic) bond motifs is 1. The average Bonchev–Trinajstić information content (AvgIpc) is 3.32. The quantitative estimate of drug-likeness (QED) is 0.394. The number of nitrogens with one attached hydrogen (secondary N) is 1. The SMILES string of the molecule is CN1CCOc2ncc(S(=O)(=O)N3CCC4(CC3)C[C@@H](NC[C@H](O)COc3cccc(CS(C)(=O)=O)c3)CO4)cc21. The first-order valence-electron chi connectivity index (χ1n) is 13.7. The van der Waals surface area contributed by atoms with Gasteiger partial charge < -0.3 is 29.5 Å². The smallest absolute Gasteiger partial charge is 0.244 e. The van der Waals surface area contributed by atoms with Crippen molar-refractivity contribution in [2.45, 2.75) is 47.7 Å². The molecule has 226 valence electrons. The van der Waals surface area contributed by atoms with E-state index in [1.807, 2.05) is 11.9 Å². The number of aliphatic hydroxyl groups is 1. The Bertz CT molecular complexity index is 1440. The summed E-state index contributed by atoms with van der Waals surface area (Å²) in [5.41, 5.74) is 0.909. The van der Waals surface area contributed by atoms with E-state index < -0.39 is 31.6 Å². The molecular weight excluding hydrogens is 572 g/mol. The second kappa shape index (κ2) is 12.0. The van der Waals surface area contributed by atoms with Gasteiger partial charge in [0, 0.05) is 39.0 Å². The molecule has 1 aromatic heterocycles. The molecule has 0 bridgehead atoms. The highest BCUT2D eigenvalue weighted by molar-refractivity contribution is 7.90. The number of sulfone groups is 1. The normalized spacial score (nSPS) is 21.8. The number of pyridine rings is 1. The van der Waals surface area contributed by atoms with Crippen LogP contribution in [0.4, 0.5) is 5.69 Å². The largest absolute Gasteiger partial charge is 0.491 e. The monoisotopic (exact) mass is 610 g/mol. The van der Waals surface area contributed by atoms with Crippen molar-refractivity contribution >= 4 is 25.5 Å². The third-order valence-corrected chi connectivity index (χ3v) is 10.5. The summed E-state index contributed by atoms with van der Waals surface area (Å²) < 4.78 is 68.7. The van der Waals surface area contributed by atoms with Gasteiger partial charge in [0.15, 0.2) is 9.84 Å². The molecule has 2 fully saturated rings. The third kappa shape index (κ3) is 7.30. The van der Waals surface area contributed by atoms with E-state index in [9.17, 15) is 21.9 Å². The van der Waals surface area contributed by atoms with Crippen LogP contribution in [0, 0.1) is 0 Å². The number of aliphatic hydroxyl groups excluding tert-OH is 1. The summed E-state index contributed by atoms with van der Waals surface area (Å²) in [6.45, 7) is 2.73. The van der Waals surface area contributed by atoms with Gasteiger partial charge in [0.05, 0.1) is 30.7 Å². The maximum Gasteiger partial charge on any atom is 0.244 e. The molecule has 3 aliphatic rings. The fourth-order valence-electron chi connectivity index (χ4n) is 5.54. The molecule has 0 amide bonds. The summed E-state index contributed by atoms with van der Waals surface area (Å²) in [7, 11) is -4.96. The second-order valence-electron chi connectivity index (χ2n) is 11.2. The molecule has 41 heavy (non-hydrogen) atoms. The number of ether oxygens (including phenoxy) is 3. The van der Waals surface area contributed by atoms with Gasteiger partial charge in [-0.25, -0.2) is 21.8 Å². The van der Waals surface area contributed by atoms with Crippen molar-refractivity contribution in [2.24, 2.45) is 0 Å². The van der Waals surface area contributed by atoms with Gasteiger partial charge in [-0.05, 0) is 43.0 Å². The molecule has 4 heterocycles. The van der Waals surface area contributed by atoms with Crippen LogP contribution >= 0.6 is 0 Å². The van der Waals surface area contributed by atoms with Crippen LogP contribution in [0.3, 0.4) is 0 Å². The van der Waals surface area contributed by atoms with E-state index in [4.69, 9.17) is 14.2 Å². The molecule has 12 nitrogen and oxygen atoms in total. The minimum absolute atomic E-state index is 0.0336. The van der Waals surface area contributed by atoms with Gasteiger partial charge in [0.1, 0.15) is 35.7 Å². The maximum absolute atomic E-state index is 13.4. The van der Waals surface area contributed by atoms with Gasteiger partial charge in [-0.15, -0.1) is 0 Å². The van der Waals surface area contributed by atoms with Crippen LogP contribution in [-0.2, 0) is 30.4 Å². The van der Waals surface area contributed by atoms with E-state index in [0.29, 0.717) is 75.1 Å². The van der Waals surface area contributed by atoms with Crippen LogP contribution in [0.5, 0.6) is 11.6 Å². The van der Waals surface area contributed by atoms with Crippen molar-refractivity contribution in [1.29, 1.82) is 0 Å². The highest BCUT2D eigenvalue weighted by Gasteiger charge is 2.45. The number of benzene rings is 1. The fourth-order valence-corrected chi connectivity index (χ4v) is 7.73. The molecule has 1 aromatic carbocycles. The molecule has 0 radical (unpaired) electrons. The van der Waals surface area contributed by atoms with Gasteiger partial charge >= 0.3 is 0 Å². The number of nitrogens with zero attached hydrogens (tertiary/aromatic N) is 3. The first-order chi connectivity index (χ1) is 19.4. The Kier molecular flexibility index (Phi) is 8.79. The van der Waals surface area contributed by atoms with Gasteiger partial charge in [0.25, 0.3) is 0 Å². The topological polar surface area (TPSA) is 148 Å². The molecule has 14 heteroatoms. The Hall–Kier alpha value is -2.49. The van der Waals surface area contributed by atoms with Crippen LogP contribution in [0.1, 0.15) is 24.8 Å². The van der Waals surface area contributed by atoms with Crippen LogP contribution in [0.15, 0.2) is 41.4 Å². The summed E-state index contributed by atoms with van der Waals surface area (Å²) >= 11 is 0. The summed E-state index contributed by atoms with van der Waals surface area (Å²) in [5.74, 6) is 0.880. The van der Waals surface area contributed by atoms with Gasteiger partial charge in [-0.1, -0.05) is 12.1 Å². The second-order valence-corrected chi connectivity index (χ2v) is 15.2. The summed E-state index contributed by atoms with van der Waals surface area (Å²) in [4.78, 5) is 6.34. The van der Waals surface area contributed by atoms with E-state index >= 15 is 0 Å². The van der Waals surface area contributed by atoms with Crippen molar-refractivity contribution in [3.63, 3.8) is 0 Å². The minimum Gasteiger partial charge on any atom is -0.491 e. The minimum atomic E-state index is -3.70. The lowest BCUT2D eigenvalue weighted by molar-refractivity contribution is -0.0312. The summed E-state index contributed by atoms with van der Waals surface area (Å²) in [6.07, 6.45) is 3.67. The molecule has 1 spiro atoms. The Balaban J connectivity index is 1.08. The highest BCUT2D eigenvalue weighted by Crippen LogP contribution is 2.38. The van der Waals surface area contributed by atoms with E-state index in [2.05, 4.69) is 10.3 Å². The number of piperidine rings is 1. The predicted molar refractivity (Wildman–Crippen MR) is 153 cm³/mol. The zero-order chi connectivity index (χ0) is 29.3. The van der Waals surface area contributed by atoms with E-state index in [0.717, 1.165) is 6.42 Å². The Morgan fingerprint density at radius 3 is 2.73 bits per heavy atom. The zero-order valence-electron chi connectivity index (χ0n) is 23.4. The molecule has 3 aliphatic heterocycles. The number of hydrogen-bond donors (Lipinski definition) is 2. The molecular formula is C27H38N4O8S2. The molecule has 2 aromatic rings. The van der Waals surface area contributed by atoms with Gasteiger partial charge in [-0.3, -0.25) is 0 Å². The first kappa shape index (κ1) is 30.0. The third-order valence-electron chi connectivity index (χ3n) is 7.78. The number of hydrogen-bond acceptors (Lipinski definition) is 11. The van der Waals surface area contributed by atoms with Crippen LogP contribution in [0.25, 0.3) is 0 Å². The zero-order valence-corrected chi connectivity index (χ0v) is 25.0. The number of sulfonamides is 1. The van der Waals surface area contributed by atoms with E-state index in [1.54, 1.807) is 30.3 Å². The van der Waals surface area contributed by atoms with Crippen molar-refractivity contribution in [1.82, 2.24) is 14.6 Å². The van der Waals surface area contributed by atoms with Gasteiger partial charge in [0.2, 0.25) is 15.9 Å². The number of aromatic nitrogens is 1. The maximum atomic E-state index is 13.4. The van der Waals surface area contributed by atoms with E-state index in [-0.39, 0.29) is 23.3 Å². The van der Waals surface area contributed by atoms with Crippen molar-refractivity contribution in [3.8, 4) is 11.6 Å². The van der Waals surface area contributed by atoms with Crippen LogP contribution < -0.4 is 19.7 Å². The fraction of sp³-hybridized carbons (Fsp3) is 0.593. The molecule has 0 unspecified atom stereocenters. The predicted octanol–water partition coefficient (Wildman–Crippen LogP) is 0.797. The Morgan fingerprint density at radius 1 is 1.20 bits per heavy atom. The molecule has 5 rings (SSSR count). The van der Waals surface area contributed by atoms with Crippen molar-refractivity contribution in [3.05, 3.63) is 42.1 Å². The lowest BCUT2D eigenvalue weighted by Gasteiger charge is -2.38. The molecule has 2 atom stereocenters. The Morgan fingerprint density at radius 2 is 1.98 bits per heavy atom. The molecule has 0 saturated carbocycles. The molecule has 2 N–H and O–H groups in total. The van der Waals surface area contributed by atoms with Crippen molar-refractivity contribution in [2.75, 3.05) is 64.2 Å². The van der Waals surface area contributed by atoms with E-state index in [1.165, 1.54) is 16.8 Å². The molecule has 2 saturated heterocycles. The number of anilines is 1. The van der Waals surface area contributed by atoms with Crippen LogP contribution in [-0.4, -0.2) is 108 Å². The summed E-state index contributed by atoms with van der Waals surface area (Å²) in [5, 5.41) is 13.8. The lowest BCUT2D eigenvalue weighted by atomic mass is 9.88. The lowest BCUT2D eigenvalue weighted by Crippen LogP contribution is -2.47. The summed E-state index contributed by atoms with van der Waals surface area (Å²) in [6, 6.07) is 8.50. The molecule has 0 aliphatic carbocycles. The van der Waals surface area contributed by atoms with Gasteiger partial charge in [-0.2, -0.15) is 4.31 Å². The highest BCUT2D eigenvalue weighted by atomic mass is 32.2. The average molecular weight is 611 g/mol. The standard InChI is InChI=1S/C27H38N4O8S2/c1-30-10-11-37-26-25(30)13-24(16-29-26)41(35,36)31-8-6-27(7-9-31)14-21(17-39-27)28-15-22(32)18-38-23-5-3-4-20(12-23)19-40(2,33)34/h3-5,12-13,16,21-22,28,32H,6-11,14-15,17-19H2,1-2H3/t21-,22+/m1/s1. The first-order valence-corrected chi connectivity index (χ1v) is 17.2. The number of likely N-dealkylation sites (N-methyl/N-ethyl adjacent to an activating group) is 1. The van der Waals surface area contributed by atoms with Crippen LogP contribution in [0.2, 0.25) is 0 Å².